The number of nitrogens with zero attached hydrogens (tertiary/aromatic N) is 1. The van der Waals surface area contributed by atoms with E-state index in [1.165, 1.54) is 23.5 Å². The lowest BCUT2D eigenvalue weighted by Crippen LogP contribution is -2.17. The van der Waals surface area contributed by atoms with E-state index < -0.39 is 0 Å². The molecule has 1 aromatic heterocycles. The van der Waals surface area contributed by atoms with Crippen LogP contribution in [0.2, 0.25) is 0 Å². The number of thiazole rings is 1. The fourth-order valence-electron chi connectivity index (χ4n) is 2.08. The molecule has 2 aromatic rings. The van der Waals surface area contributed by atoms with Crippen LogP contribution < -0.4 is 0 Å². The second-order valence-electron chi connectivity index (χ2n) is 5.10. The van der Waals surface area contributed by atoms with Crippen LogP contribution in [0.25, 0.3) is 10.2 Å². The quantitative estimate of drug-likeness (QED) is 0.779. The topological polar surface area (TPSA) is 39.2 Å². The zero-order chi connectivity index (χ0) is 14.7. The minimum Gasteiger partial charge on any atom is -0.465 e. The molecule has 0 spiro atoms. The number of fused-ring (bicyclic) bond motifs is 1. The van der Waals surface area contributed by atoms with Crippen LogP contribution >= 0.6 is 11.3 Å². The highest BCUT2D eigenvalue weighted by Crippen LogP contribution is 2.32. The van der Waals surface area contributed by atoms with Crippen LogP contribution in [0.1, 0.15) is 38.1 Å². The largest absolute Gasteiger partial charge is 0.465 e. The van der Waals surface area contributed by atoms with Gasteiger partial charge in [0.25, 0.3) is 0 Å². The third-order valence-corrected chi connectivity index (χ3v) is 4.09. The third-order valence-electron chi connectivity index (χ3n) is 2.94. The first kappa shape index (κ1) is 14.9. The first-order valence-corrected chi connectivity index (χ1v) is 7.55. The van der Waals surface area contributed by atoms with Crippen molar-refractivity contribution in [1.29, 1.82) is 0 Å². The van der Waals surface area contributed by atoms with Gasteiger partial charge in [-0.15, -0.1) is 11.3 Å². The fraction of sp³-hybridized carbons (Fsp3) is 0.467. The van der Waals surface area contributed by atoms with Crippen molar-refractivity contribution in [2.24, 2.45) is 5.92 Å². The van der Waals surface area contributed by atoms with E-state index in [1.807, 2.05) is 0 Å². The van der Waals surface area contributed by atoms with E-state index in [0.29, 0.717) is 29.5 Å². The predicted octanol–water partition coefficient (Wildman–Crippen LogP) is 4.13. The van der Waals surface area contributed by atoms with Crippen LogP contribution in [0, 0.1) is 11.7 Å². The van der Waals surface area contributed by atoms with E-state index in [2.05, 4.69) is 18.8 Å². The van der Waals surface area contributed by atoms with Crippen molar-refractivity contribution in [1.82, 2.24) is 4.98 Å². The first-order valence-electron chi connectivity index (χ1n) is 6.74. The molecule has 3 nitrogen and oxygen atoms in total. The highest BCUT2D eigenvalue weighted by molar-refractivity contribution is 7.18. The van der Waals surface area contributed by atoms with Crippen molar-refractivity contribution in [2.75, 3.05) is 6.61 Å². The van der Waals surface area contributed by atoms with E-state index in [4.69, 9.17) is 4.74 Å². The maximum Gasteiger partial charge on any atom is 0.315 e. The Balaban J connectivity index is 2.36. The van der Waals surface area contributed by atoms with Gasteiger partial charge in [-0.05, 0) is 31.4 Å². The molecular weight excluding hydrogens is 277 g/mol. The molecule has 1 atom stereocenters. The first-order chi connectivity index (χ1) is 9.51. The molecule has 108 valence electrons. The maximum absolute atomic E-state index is 13.2. The Kier molecular flexibility index (Phi) is 4.70. The number of hydrogen-bond donors (Lipinski definition) is 0. The van der Waals surface area contributed by atoms with Gasteiger partial charge in [-0.2, -0.15) is 0 Å². The van der Waals surface area contributed by atoms with Gasteiger partial charge in [0.05, 0.1) is 16.8 Å². The van der Waals surface area contributed by atoms with E-state index in [9.17, 15) is 9.18 Å². The zero-order valence-corrected chi connectivity index (χ0v) is 12.7. The second kappa shape index (κ2) is 6.31. The van der Waals surface area contributed by atoms with Crippen molar-refractivity contribution < 1.29 is 13.9 Å². The lowest BCUT2D eigenvalue weighted by molar-refractivity contribution is -0.145. The number of aromatic nitrogens is 1. The monoisotopic (exact) mass is 295 g/mol. The molecule has 20 heavy (non-hydrogen) atoms. The molecule has 0 N–H and O–H groups in total. The Labute approximate surface area is 121 Å². The molecule has 0 fully saturated rings. The number of benzene rings is 1. The number of esters is 1. The summed E-state index contributed by atoms with van der Waals surface area (Å²) < 4.78 is 19.2. The minimum absolute atomic E-state index is 0.249. The van der Waals surface area contributed by atoms with Gasteiger partial charge in [0.2, 0.25) is 0 Å². The third kappa shape index (κ3) is 3.33. The molecule has 0 saturated heterocycles. The van der Waals surface area contributed by atoms with E-state index >= 15 is 0 Å². The Hall–Kier alpha value is -1.49. The van der Waals surface area contributed by atoms with Crippen LogP contribution in [0.3, 0.4) is 0 Å². The second-order valence-corrected chi connectivity index (χ2v) is 6.16. The molecule has 1 unspecified atom stereocenters. The molecule has 0 saturated carbocycles. The van der Waals surface area contributed by atoms with Crippen LogP contribution in [0.5, 0.6) is 0 Å². The van der Waals surface area contributed by atoms with E-state index in [1.54, 1.807) is 13.0 Å². The molecule has 0 aliphatic rings. The van der Waals surface area contributed by atoms with Crippen molar-refractivity contribution in [3.63, 3.8) is 0 Å². The summed E-state index contributed by atoms with van der Waals surface area (Å²) in [5, 5.41) is 0.706. The Morgan fingerprint density at radius 3 is 2.85 bits per heavy atom. The Morgan fingerprint density at radius 1 is 1.45 bits per heavy atom. The lowest BCUT2D eigenvalue weighted by atomic mass is 9.98. The molecule has 5 heteroatoms. The summed E-state index contributed by atoms with van der Waals surface area (Å²) in [7, 11) is 0. The molecule has 0 aliphatic heterocycles. The summed E-state index contributed by atoms with van der Waals surface area (Å²) in [5.41, 5.74) is 0.600. The van der Waals surface area contributed by atoms with Gasteiger partial charge in [-0.25, -0.2) is 9.37 Å². The van der Waals surface area contributed by atoms with Gasteiger partial charge in [-0.1, -0.05) is 13.8 Å². The van der Waals surface area contributed by atoms with Crippen molar-refractivity contribution in [3.05, 3.63) is 29.0 Å². The fourth-order valence-corrected chi connectivity index (χ4v) is 3.13. The summed E-state index contributed by atoms with van der Waals surface area (Å²) in [5.74, 6) is -0.574. The lowest BCUT2D eigenvalue weighted by Gasteiger charge is -2.14. The van der Waals surface area contributed by atoms with Gasteiger partial charge in [0.1, 0.15) is 16.7 Å². The molecule has 0 amide bonds. The van der Waals surface area contributed by atoms with Crippen LogP contribution in [0.15, 0.2) is 18.2 Å². The highest BCUT2D eigenvalue weighted by atomic mass is 32.1. The molecule has 0 radical (unpaired) electrons. The molecule has 0 bridgehead atoms. The molecule has 0 aliphatic carbocycles. The highest BCUT2D eigenvalue weighted by Gasteiger charge is 2.26. The van der Waals surface area contributed by atoms with E-state index in [-0.39, 0.29) is 17.7 Å². The molecule has 1 heterocycles. The van der Waals surface area contributed by atoms with E-state index in [0.717, 1.165) is 4.70 Å². The smallest absolute Gasteiger partial charge is 0.315 e. The van der Waals surface area contributed by atoms with Crippen molar-refractivity contribution in [3.8, 4) is 0 Å². The molecular formula is C15H18FNO2S. The maximum atomic E-state index is 13.2. The number of halogens is 1. The predicted molar refractivity (Wildman–Crippen MR) is 78.4 cm³/mol. The van der Waals surface area contributed by atoms with Crippen LogP contribution in [-0.4, -0.2) is 17.6 Å². The normalized spacial score (nSPS) is 12.8. The summed E-state index contributed by atoms with van der Waals surface area (Å²) in [4.78, 5) is 16.5. The Bertz CT molecular complexity index is 609. The Morgan fingerprint density at radius 2 is 2.20 bits per heavy atom. The zero-order valence-electron chi connectivity index (χ0n) is 11.9. The van der Waals surface area contributed by atoms with Crippen molar-refractivity contribution >= 4 is 27.5 Å². The summed E-state index contributed by atoms with van der Waals surface area (Å²) in [6.45, 7) is 6.25. The number of ether oxygens (including phenoxy) is 1. The average molecular weight is 295 g/mol. The van der Waals surface area contributed by atoms with Crippen LogP contribution in [0.4, 0.5) is 4.39 Å². The molecule has 2 rings (SSSR count). The standard InChI is InChI=1S/C15H18FNO2S/c1-4-19-15(18)11(7-9(2)3)14-17-12-8-10(16)5-6-13(12)20-14/h5-6,8-9,11H,4,7H2,1-3H3. The van der Waals surface area contributed by atoms with Gasteiger partial charge >= 0.3 is 5.97 Å². The van der Waals surface area contributed by atoms with Crippen LogP contribution in [-0.2, 0) is 9.53 Å². The molecule has 1 aromatic carbocycles. The van der Waals surface area contributed by atoms with Gasteiger partial charge in [-0.3, -0.25) is 4.79 Å². The van der Waals surface area contributed by atoms with Crippen molar-refractivity contribution in [2.45, 2.75) is 33.1 Å². The summed E-state index contributed by atoms with van der Waals surface area (Å²) in [6, 6.07) is 4.50. The number of carbonyl (C=O) groups excluding carboxylic acids is 1. The average Bonchev–Trinajstić information content (AvgIpc) is 2.78. The number of rotatable bonds is 5. The van der Waals surface area contributed by atoms with Gasteiger partial charge in [0.15, 0.2) is 0 Å². The van der Waals surface area contributed by atoms with Gasteiger partial charge in [0, 0.05) is 6.07 Å². The van der Waals surface area contributed by atoms with Gasteiger partial charge < -0.3 is 4.74 Å². The summed E-state index contributed by atoms with van der Waals surface area (Å²) >= 11 is 1.43. The SMILES string of the molecule is CCOC(=O)C(CC(C)C)c1nc2cc(F)ccc2s1. The summed E-state index contributed by atoms with van der Waals surface area (Å²) in [6.07, 6.45) is 0.682. The number of carbonyl (C=O) groups is 1. The minimum atomic E-state index is -0.365. The number of hydrogen-bond acceptors (Lipinski definition) is 4.